The van der Waals surface area contributed by atoms with Gasteiger partial charge >= 0.3 is 0 Å². The third kappa shape index (κ3) is 1.68. The molecule has 0 radical (unpaired) electrons. The number of thiophene rings is 1. The number of hydrogen-bond acceptors (Lipinski definition) is 1. The number of hydrogen-bond donors (Lipinski definition) is 0. The van der Waals surface area contributed by atoms with Gasteiger partial charge in [0.1, 0.15) is 0 Å². The van der Waals surface area contributed by atoms with Crippen molar-refractivity contribution < 1.29 is 0 Å². The van der Waals surface area contributed by atoms with Crippen LogP contribution in [0.2, 0.25) is 0 Å². The second-order valence-electron chi connectivity index (χ2n) is 3.50. The van der Waals surface area contributed by atoms with Crippen LogP contribution in [-0.4, -0.2) is 5.88 Å². The Labute approximate surface area is 88.2 Å². The predicted molar refractivity (Wildman–Crippen MR) is 60.7 cm³/mol. The van der Waals surface area contributed by atoms with E-state index in [1.165, 1.54) is 36.8 Å². The van der Waals surface area contributed by atoms with E-state index in [4.69, 9.17) is 11.6 Å². The molecule has 1 aliphatic carbocycles. The minimum Gasteiger partial charge on any atom is -0.148 e. The quantitative estimate of drug-likeness (QED) is 0.653. The first-order chi connectivity index (χ1) is 6.33. The Hall–Kier alpha value is -0.270. The second-order valence-corrected chi connectivity index (χ2v) is 4.73. The molecule has 0 nitrogen and oxygen atoms in total. The Morgan fingerprint density at radius 3 is 3.00 bits per heavy atom. The molecule has 1 heterocycles. The van der Waals surface area contributed by atoms with Gasteiger partial charge in [0.05, 0.1) is 0 Å². The van der Waals surface area contributed by atoms with Crippen LogP contribution in [0.1, 0.15) is 28.8 Å². The summed E-state index contributed by atoms with van der Waals surface area (Å²) < 4.78 is 0. The van der Waals surface area contributed by atoms with Crippen molar-refractivity contribution in [3.63, 3.8) is 0 Å². The molecule has 0 saturated carbocycles. The van der Waals surface area contributed by atoms with Crippen LogP contribution in [0.5, 0.6) is 0 Å². The molecule has 0 amide bonds. The molecule has 1 aromatic rings. The highest BCUT2D eigenvalue weighted by Gasteiger charge is 2.16. The highest BCUT2D eigenvalue weighted by Crippen LogP contribution is 2.33. The molecule has 0 N–H and O–H groups in total. The van der Waals surface area contributed by atoms with Crippen molar-refractivity contribution in [3.8, 4) is 0 Å². The van der Waals surface area contributed by atoms with Gasteiger partial charge in [-0.25, -0.2) is 0 Å². The lowest BCUT2D eigenvalue weighted by molar-refractivity contribution is 0.696. The van der Waals surface area contributed by atoms with Gasteiger partial charge in [-0.1, -0.05) is 6.58 Å². The van der Waals surface area contributed by atoms with Crippen molar-refractivity contribution in [1.82, 2.24) is 0 Å². The highest BCUT2D eigenvalue weighted by molar-refractivity contribution is 7.10. The van der Waals surface area contributed by atoms with Crippen LogP contribution in [0, 0.1) is 0 Å². The van der Waals surface area contributed by atoms with Crippen LogP contribution in [-0.2, 0) is 12.8 Å². The van der Waals surface area contributed by atoms with Crippen LogP contribution in [0.15, 0.2) is 12.0 Å². The van der Waals surface area contributed by atoms with E-state index in [-0.39, 0.29) is 0 Å². The van der Waals surface area contributed by atoms with E-state index in [1.54, 1.807) is 4.88 Å². The normalized spacial score (nSPS) is 15.5. The Bertz CT molecular complexity index is 325. The number of fused-ring (bicyclic) bond motifs is 1. The lowest BCUT2D eigenvalue weighted by Crippen LogP contribution is -2.00. The number of rotatable bonds is 2. The van der Waals surface area contributed by atoms with Crippen molar-refractivity contribution in [1.29, 1.82) is 0 Å². The zero-order valence-electron chi connectivity index (χ0n) is 7.61. The average molecular weight is 213 g/mol. The van der Waals surface area contributed by atoms with Gasteiger partial charge in [-0.15, -0.1) is 22.9 Å². The average Bonchev–Trinajstić information content (AvgIpc) is 2.60. The molecule has 0 fully saturated rings. The standard InChI is InChI=1S/C11H13ClS/c1-8(6-12)10-7-13-11-5-3-2-4-9(10)11/h7H,1-6H2. The van der Waals surface area contributed by atoms with Gasteiger partial charge in [0.25, 0.3) is 0 Å². The summed E-state index contributed by atoms with van der Waals surface area (Å²) in [6, 6.07) is 0. The molecule has 1 aromatic heterocycles. The largest absolute Gasteiger partial charge is 0.148 e. The molecule has 1 aliphatic rings. The molecule has 0 saturated heterocycles. The van der Waals surface area contributed by atoms with Crippen LogP contribution in [0.4, 0.5) is 0 Å². The summed E-state index contributed by atoms with van der Waals surface area (Å²) in [5.74, 6) is 0.559. The lowest BCUT2D eigenvalue weighted by atomic mass is 9.94. The van der Waals surface area contributed by atoms with Crippen molar-refractivity contribution in [3.05, 3.63) is 28.0 Å². The van der Waals surface area contributed by atoms with Crippen LogP contribution < -0.4 is 0 Å². The summed E-state index contributed by atoms with van der Waals surface area (Å²) in [5.41, 5.74) is 3.94. The molecule has 0 aliphatic heterocycles. The molecule has 0 aromatic carbocycles. The molecule has 2 heteroatoms. The molecule has 13 heavy (non-hydrogen) atoms. The molecule has 0 unspecified atom stereocenters. The smallest absolute Gasteiger partial charge is 0.0474 e. The number of halogens is 1. The van der Waals surface area contributed by atoms with Gasteiger partial charge in [0.15, 0.2) is 0 Å². The van der Waals surface area contributed by atoms with Crippen LogP contribution in [0.25, 0.3) is 5.57 Å². The monoisotopic (exact) mass is 212 g/mol. The number of allylic oxidation sites excluding steroid dienone is 1. The maximum atomic E-state index is 5.79. The topological polar surface area (TPSA) is 0 Å². The summed E-state index contributed by atoms with van der Waals surface area (Å²) in [4.78, 5) is 1.56. The zero-order chi connectivity index (χ0) is 9.26. The van der Waals surface area contributed by atoms with Crippen LogP contribution >= 0.6 is 22.9 Å². The van der Waals surface area contributed by atoms with Crippen molar-refractivity contribution in [2.24, 2.45) is 0 Å². The van der Waals surface area contributed by atoms with Gasteiger partial charge in [-0.2, -0.15) is 0 Å². The molecule has 2 rings (SSSR count). The Balaban J connectivity index is 2.36. The summed E-state index contributed by atoms with van der Waals surface area (Å²) >= 11 is 7.67. The Kier molecular flexibility index (Phi) is 2.75. The third-order valence-corrected chi connectivity index (χ3v) is 4.01. The molecule has 0 spiro atoms. The lowest BCUT2D eigenvalue weighted by Gasteiger charge is -2.12. The van der Waals surface area contributed by atoms with Gasteiger partial charge in [-0.05, 0) is 47.8 Å². The summed E-state index contributed by atoms with van der Waals surface area (Å²) in [5, 5.41) is 2.22. The fourth-order valence-electron chi connectivity index (χ4n) is 1.86. The SMILES string of the molecule is C=C(CCl)c1csc2c1CCCC2. The molecular formula is C11H13ClS. The highest BCUT2D eigenvalue weighted by atomic mass is 35.5. The number of aryl methyl sites for hydroxylation is 1. The first kappa shape index (κ1) is 9.29. The first-order valence-electron chi connectivity index (χ1n) is 4.66. The first-order valence-corrected chi connectivity index (χ1v) is 6.07. The van der Waals surface area contributed by atoms with Gasteiger partial charge in [0, 0.05) is 10.8 Å². The van der Waals surface area contributed by atoms with E-state index in [0.29, 0.717) is 5.88 Å². The van der Waals surface area contributed by atoms with Gasteiger partial charge in [-0.3, -0.25) is 0 Å². The summed E-state index contributed by atoms with van der Waals surface area (Å²) in [6.07, 6.45) is 5.16. The number of alkyl halides is 1. The molecule has 0 bridgehead atoms. The van der Waals surface area contributed by atoms with Gasteiger partial charge in [0.2, 0.25) is 0 Å². The van der Waals surface area contributed by atoms with Crippen molar-refractivity contribution in [2.45, 2.75) is 25.7 Å². The molecular weight excluding hydrogens is 200 g/mol. The maximum Gasteiger partial charge on any atom is 0.0474 e. The van der Waals surface area contributed by atoms with E-state index in [1.807, 2.05) is 11.3 Å². The van der Waals surface area contributed by atoms with E-state index >= 15 is 0 Å². The minimum atomic E-state index is 0.559. The van der Waals surface area contributed by atoms with Crippen LogP contribution in [0.3, 0.4) is 0 Å². The van der Waals surface area contributed by atoms with E-state index < -0.39 is 0 Å². The molecule has 0 atom stereocenters. The third-order valence-electron chi connectivity index (χ3n) is 2.60. The van der Waals surface area contributed by atoms with Crippen molar-refractivity contribution in [2.75, 3.05) is 5.88 Å². The second kappa shape index (κ2) is 3.85. The van der Waals surface area contributed by atoms with E-state index in [9.17, 15) is 0 Å². The van der Waals surface area contributed by atoms with Crippen molar-refractivity contribution >= 4 is 28.5 Å². The van der Waals surface area contributed by atoms with E-state index in [2.05, 4.69) is 12.0 Å². The zero-order valence-corrected chi connectivity index (χ0v) is 9.18. The summed E-state index contributed by atoms with van der Waals surface area (Å²) in [6.45, 7) is 4.00. The predicted octanol–water partition coefficient (Wildman–Crippen LogP) is 3.88. The maximum absolute atomic E-state index is 5.79. The Morgan fingerprint density at radius 2 is 2.23 bits per heavy atom. The summed E-state index contributed by atoms with van der Waals surface area (Å²) in [7, 11) is 0. The molecule has 70 valence electrons. The van der Waals surface area contributed by atoms with E-state index in [0.717, 1.165) is 5.57 Å². The van der Waals surface area contributed by atoms with Gasteiger partial charge < -0.3 is 0 Å². The minimum absolute atomic E-state index is 0.559. The Morgan fingerprint density at radius 1 is 1.46 bits per heavy atom. The fraction of sp³-hybridized carbons (Fsp3) is 0.455. The fourth-order valence-corrected chi connectivity index (χ4v) is 3.19.